The van der Waals surface area contributed by atoms with Gasteiger partial charge in [-0.15, -0.1) is 0 Å². The van der Waals surface area contributed by atoms with Crippen molar-refractivity contribution in [3.05, 3.63) is 0 Å². The Morgan fingerprint density at radius 3 is 2.38 bits per heavy atom. The molecule has 0 radical (unpaired) electrons. The second-order valence-electron chi connectivity index (χ2n) is 7.23. The third-order valence-electron chi connectivity index (χ3n) is 5.77. The summed E-state index contributed by atoms with van der Waals surface area (Å²) in [6.07, 6.45) is 10.8. The van der Waals surface area contributed by atoms with Crippen molar-refractivity contribution in [2.75, 3.05) is 53.3 Å². The minimum Gasteiger partial charge on any atom is -0.385 e. The first-order chi connectivity index (χ1) is 11.7. The minimum atomic E-state index is 0.275. The van der Waals surface area contributed by atoms with Gasteiger partial charge in [0.25, 0.3) is 0 Å². The second kappa shape index (κ2) is 9.88. The van der Waals surface area contributed by atoms with Gasteiger partial charge >= 0.3 is 0 Å². The highest BCUT2D eigenvalue weighted by Crippen LogP contribution is 2.40. The van der Waals surface area contributed by atoms with Gasteiger partial charge in [0.1, 0.15) is 0 Å². The summed E-state index contributed by atoms with van der Waals surface area (Å²) < 4.78 is 11.1. The van der Waals surface area contributed by atoms with Gasteiger partial charge in [-0.2, -0.15) is 11.8 Å². The van der Waals surface area contributed by atoms with Crippen LogP contribution in [-0.4, -0.2) is 64.0 Å². The highest BCUT2D eigenvalue weighted by Gasteiger charge is 2.34. The molecule has 0 aromatic carbocycles. The number of nitrogens with zero attached hydrogens (tertiary/aromatic N) is 1. The van der Waals surface area contributed by atoms with Crippen molar-refractivity contribution in [2.45, 2.75) is 49.7 Å². The molecule has 0 aromatic rings. The number of hydrogen-bond donors (Lipinski definition) is 2. The Bertz CT molecular complexity index is 392. The lowest BCUT2D eigenvalue weighted by molar-refractivity contribution is 0.0782. The van der Waals surface area contributed by atoms with E-state index >= 15 is 0 Å². The van der Waals surface area contributed by atoms with E-state index in [-0.39, 0.29) is 4.75 Å². The monoisotopic (exact) mass is 357 g/mol. The molecule has 1 aliphatic heterocycles. The smallest absolute Gasteiger partial charge is 0.191 e. The lowest BCUT2D eigenvalue weighted by Gasteiger charge is -2.36. The van der Waals surface area contributed by atoms with E-state index < -0.39 is 0 Å². The molecule has 1 aliphatic carbocycles. The van der Waals surface area contributed by atoms with Crippen LogP contribution < -0.4 is 10.6 Å². The average molecular weight is 358 g/mol. The normalized spacial score (nSPS) is 23.2. The zero-order valence-electron chi connectivity index (χ0n) is 15.7. The van der Waals surface area contributed by atoms with Gasteiger partial charge in [-0.3, -0.25) is 4.99 Å². The van der Waals surface area contributed by atoms with Crippen LogP contribution >= 0.6 is 11.8 Å². The topological polar surface area (TPSA) is 54.9 Å². The van der Waals surface area contributed by atoms with Crippen molar-refractivity contribution in [1.82, 2.24) is 10.6 Å². The van der Waals surface area contributed by atoms with Crippen LogP contribution in [0.25, 0.3) is 0 Å². The Morgan fingerprint density at radius 1 is 1.12 bits per heavy atom. The molecule has 1 saturated heterocycles. The molecular weight excluding hydrogens is 322 g/mol. The van der Waals surface area contributed by atoms with Crippen LogP contribution in [-0.2, 0) is 9.47 Å². The van der Waals surface area contributed by atoms with Crippen molar-refractivity contribution in [3.63, 3.8) is 0 Å². The Hall–Kier alpha value is -0.460. The third-order valence-corrected chi connectivity index (χ3v) is 7.19. The number of thioether (sulfide) groups is 1. The SMILES string of the molecule is CN=C(NCC1(CCOC)CCCC1)NCC1(SC)CCOCC1. The lowest BCUT2D eigenvalue weighted by atomic mass is 9.83. The predicted molar refractivity (Wildman–Crippen MR) is 103 cm³/mol. The molecule has 0 amide bonds. The summed E-state index contributed by atoms with van der Waals surface area (Å²) in [5.41, 5.74) is 0.378. The van der Waals surface area contributed by atoms with Crippen LogP contribution in [0.2, 0.25) is 0 Å². The molecule has 2 N–H and O–H groups in total. The molecule has 2 rings (SSSR count). The number of nitrogens with one attached hydrogen (secondary N) is 2. The molecule has 1 saturated carbocycles. The van der Waals surface area contributed by atoms with Gasteiger partial charge in [-0.25, -0.2) is 0 Å². The molecular formula is C18H35N3O2S. The van der Waals surface area contributed by atoms with E-state index in [2.05, 4.69) is 21.9 Å². The Labute approximate surface area is 151 Å². The lowest BCUT2D eigenvalue weighted by Crippen LogP contribution is -2.49. The maximum absolute atomic E-state index is 5.53. The number of ether oxygens (including phenoxy) is 2. The Balaban J connectivity index is 1.83. The standard InChI is InChI=1S/C18H35N3O2S/c1-19-16(21-15-18(24-3)9-12-23-13-10-18)20-14-17(8-11-22-2)6-4-5-7-17/h4-15H2,1-3H3,(H2,19,20,21). The van der Waals surface area contributed by atoms with E-state index in [0.717, 1.165) is 58.1 Å². The largest absolute Gasteiger partial charge is 0.385 e. The quantitative estimate of drug-likeness (QED) is 0.517. The van der Waals surface area contributed by atoms with Gasteiger partial charge in [0.15, 0.2) is 5.96 Å². The first-order valence-electron chi connectivity index (χ1n) is 9.24. The second-order valence-corrected chi connectivity index (χ2v) is 8.50. The summed E-state index contributed by atoms with van der Waals surface area (Å²) in [6.45, 7) is 4.53. The highest BCUT2D eigenvalue weighted by molar-refractivity contribution is 8.00. The predicted octanol–water partition coefficient (Wildman–Crippen LogP) is 2.66. The molecule has 2 fully saturated rings. The van der Waals surface area contributed by atoms with Crippen LogP contribution in [0.4, 0.5) is 0 Å². The van der Waals surface area contributed by atoms with E-state index in [4.69, 9.17) is 9.47 Å². The fourth-order valence-electron chi connectivity index (χ4n) is 3.89. The zero-order chi connectivity index (χ0) is 17.3. The van der Waals surface area contributed by atoms with E-state index in [9.17, 15) is 0 Å². The number of hydrogen-bond acceptors (Lipinski definition) is 4. The molecule has 0 atom stereocenters. The van der Waals surface area contributed by atoms with Crippen LogP contribution in [0.15, 0.2) is 4.99 Å². The summed E-state index contributed by atoms with van der Waals surface area (Å²) >= 11 is 1.96. The Kier molecular flexibility index (Phi) is 8.17. The van der Waals surface area contributed by atoms with Crippen molar-refractivity contribution >= 4 is 17.7 Å². The van der Waals surface area contributed by atoms with Crippen molar-refractivity contribution in [2.24, 2.45) is 10.4 Å². The van der Waals surface area contributed by atoms with E-state index in [1.807, 2.05) is 18.8 Å². The van der Waals surface area contributed by atoms with Crippen molar-refractivity contribution in [3.8, 4) is 0 Å². The molecule has 1 heterocycles. The first-order valence-corrected chi connectivity index (χ1v) is 10.5. The number of rotatable bonds is 8. The van der Waals surface area contributed by atoms with E-state index in [1.165, 1.54) is 25.7 Å². The Morgan fingerprint density at radius 2 is 1.79 bits per heavy atom. The summed E-state index contributed by atoms with van der Waals surface area (Å²) in [7, 11) is 3.66. The fraction of sp³-hybridized carbons (Fsp3) is 0.944. The van der Waals surface area contributed by atoms with Gasteiger partial charge < -0.3 is 20.1 Å². The van der Waals surface area contributed by atoms with Crippen molar-refractivity contribution in [1.29, 1.82) is 0 Å². The average Bonchev–Trinajstić information content (AvgIpc) is 3.10. The molecule has 6 heteroatoms. The van der Waals surface area contributed by atoms with E-state index in [1.54, 1.807) is 7.11 Å². The molecule has 24 heavy (non-hydrogen) atoms. The molecule has 140 valence electrons. The van der Waals surface area contributed by atoms with Crippen LogP contribution in [0, 0.1) is 5.41 Å². The van der Waals surface area contributed by atoms with Crippen molar-refractivity contribution < 1.29 is 9.47 Å². The van der Waals surface area contributed by atoms with Crippen LogP contribution in [0.3, 0.4) is 0 Å². The first kappa shape index (κ1) is 19.9. The molecule has 5 nitrogen and oxygen atoms in total. The van der Waals surface area contributed by atoms with Gasteiger partial charge in [-0.05, 0) is 43.8 Å². The summed E-state index contributed by atoms with van der Waals surface area (Å²) in [5, 5.41) is 7.14. The number of guanidine groups is 1. The van der Waals surface area contributed by atoms with Crippen LogP contribution in [0.5, 0.6) is 0 Å². The molecule has 0 unspecified atom stereocenters. The van der Waals surface area contributed by atoms with Crippen LogP contribution in [0.1, 0.15) is 44.9 Å². The summed E-state index contributed by atoms with van der Waals surface area (Å²) in [4.78, 5) is 4.43. The van der Waals surface area contributed by atoms with Gasteiger partial charge in [0.2, 0.25) is 0 Å². The maximum atomic E-state index is 5.53. The molecule has 0 bridgehead atoms. The highest BCUT2D eigenvalue weighted by atomic mass is 32.2. The van der Waals surface area contributed by atoms with Gasteiger partial charge in [-0.1, -0.05) is 12.8 Å². The minimum absolute atomic E-state index is 0.275. The molecule has 2 aliphatic rings. The van der Waals surface area contributed by atoms with E-state index in [0.29, 0.717) is 5.41 Å². The third kappa shape index (κ3) is 5.53. The zero-order valence-corrected chi connectivity index (χ0v) is 16.5. The van der Waals surface area contributed by atoms with Gasteiger partial charge in [0.05, 0.1) is 0 Å². The summed E-state index contributed by atoms with van der Waals surface area (Å²) in [5.74, 6) is 0.929. The number of aliphatic imine (C=N–C) groups is 1. The number of methoxy groups -OCH3 is 1. The molecule has 0 spiro atoms. The van der Waals surface area contributed by atoms with Gasteiger partial charge in [0, 0.05) is 51.8 Å². The fourth-order valence-corrected chi connectivity index (χ4v) is 4.68. The maximum Gasteiger partial charge on any atom is 0.191 e. The molecule has 0 aromatic heterocycles. The summed E-state index contributed by atoms with van der Waals surface area (Å²) in [6, 6.07) is 0.